The van der Waals surface area contributed by atoms with Gasteiger partial charge in [0.15, 0.2) is 0 Å². The zero-order valence-electron chi connectivity index (χ0n) is 12.1. The molecule has 1 aliphatic carbocycles. The second kappa shape index (κ2) is 7.57. The smallest absolute Gasteiger partial charge is 0.328 e. The van der Waals surface area contributed by atoms with Crippen LogP contribution >= 0.6 is 27.3 Å². The first-order valence-corrected chi connectivity index (χ1v) is 8.91. The third-order valence-corrected chi connectivity index (χ3v) is 5.89. The quantitative estimate of drug-likeness (QED) is 0.794. The summed E-state index contributed by atoms with van der Waals surface area (Å²) in [5.41, 5.74) is 0. The van der Waals surface area contributed by atoms with Crippen LogP contribution in [0.15, 0.2) is 10.5 Å². The minimum Gasteiger partial charge on any atom is -0.465 e. The van der Waals surface area contributed by atoms with Crippen molar-refractivity contribution in [2.45, 2.75) is 58.0 Å². The van der Waals surface area contributed by atoms with Gasteiger partial charge in [-0.05, 0) is 48.7 Å². The number of hydrogen-bond acceptors (Lipinski definition) is 4. The molecule has 1 aromatic rings. The van der Waals surface area contributed by atoms with E-state index >= 15 is 0 Å². The number of aryl methyl sites for hydroxylation is 1. The molecule has 0 saturated heterocycles. The van der Waals surface area contributed by atoms with Crippen LogP contribution in [-0.2, 0) is 9.53 Å². The molecule has 5 heteroatoms. The van der Waals surface area contributed by atoms with Crippen LogP contribution in [0.2, 0.25) is 0 Å². The van der Waals surface area contributed by atoms with Crippen LogP contribution in [0.3, 0.4) is 0 Å². The third-order valence-electron chi connectivity index (χ3n) is 3.69. The molecule has 1 unspecified atom stereocenters. The Balaban J connectivity index is 2.13. The fraction of sp³-hybridized carbons (Fsp3) is 0.667. The van der Waals surface area contributed by atoms with Crippen LogP contribution in [0.4, 0.5) is 0 Å². The Morgan fingerprint density at radius 1 is 1.50 bits per heavy atom. The van der Waals surface area contributed by atoms with Gasteiger partial charge in [0.1, 0.15) is 6.04 Å². The number of carbonyl (C=O) groups excluding carboxylic acids is 1. The number of rotatable bonds is 5. The number of thiophene rings is 1. The normalized spacial score (nSPS) is 17.9. The van der Waals surface area contributed by atoms with E-state index in [1.54, 1.807) is 11.3 Å². The van der Waals surface area contributed by atoms with E-state index in [0.29, 0.717) is 12.6 Å². The SMILES string of the molecule is CCOC(=O)C(NC1CCCCC1)c1cc(Br)c(C)s1. The maximum absolute atomic E-state index is 12.2. The number of halogens is 1. The van der Waals surface area contributed by atoms with Gasteiger partial charge >= 0.3 is 5.97 Å². The van der Waals surface area contributed by atoms with Gasteiger partial charge < -0.3 is 4.74 Å². The molecular weight excluding hydrogens is 338 g/mol. The maximum atomic E-state index is 12.2. The van der Waals surface area contributed by atoms with Gasteiger partial charge in [-0.1, -0.05) is 19.3 Å². The number of carbonyl (C=O) groups is 1. The van der Waals surface area contributed by atoms with Gasteiger partial charge in [0.05, 0.1) is 6.61 Å². The van der Waals surface area contributed by atoms with Crippen molar-refractivity contribution in [3.63, 3.8) is 0 Å². The third kappa shape index (κ3) is 4.06. The van der Waals surface area contributed by atoms with E-state index in [1.165, 1.54) is 24.1 Å². The van der Waals surface area contributed by atoms with Gasteiger partial charge in [-0.3, -0.25) is 5.32 Å². The van der Waals surface area contributed by atoms with Crippen LogP contribution in [0.5, 0.6) is 0 Å². The first-order valence-electron chi connectivity index (χ1n) is 7.30. The molecule has 0 aliphatic heterocycles. The standard InChI is InChI=1S/C15H22BrNO2S/c1-3-19-15(18)14(13-9-12(16)10(2)20-13)17-11-7-5-4-6-8-11/h9,11,14,17H,3-8H2,1-2H3. The first kappa shape index (κ1) is 16.0. The van der Waals surface area contributed by atoms with Crippen LogP contribution in [-0.4, -0.2) is 18.6 Å². The fourth-order valence-electron chi connectivity index (χ4n) is 2.62. The second-order valence-corrected chi connectivity index (χ2v) is 7.38. The van der Waals surface area contributed by atoms with Crippen molar-refractivity contribution < 1.29 is 9.53 Å². The summed E-state index contributed by atoms with van der Waals surface area (Å²) in [6, 6.07) is 2.14. The number of ether oxygens (including phenoxy) is 1. The lowest BCUT2D eigenvalue weighted by molar-refractivity contribution is -0.146. The molecule has 1 atom stereocenters. The highest BCUT2D eigenvalue weighted by Crippen LogP contribution is 2.32. The molecule has 20 heavy (non-hydrogen) atoms. The maximum Gasteiger partial charge on any atom is 0.328 e. The minimum atomic E-state index is -0.326. The number of esters is 1. The Kier molecular flexibility index (Phi) is 6.05. The molecule has 1 heterocycles. The summed E-state index contributed by atoms with van der Waals surface area (Å²) in [5.74, 6) is -0.160. The van der Waals surface area contributed by atoms with E-state index in [9.17, 15) is 4.79 Å². The highest BCUT2D eigenvalue weighted by molar-refractivity contribution is 9.10. The summed E-state index contributed by atoms with van der Waals surface area (Å²) in [6.45, 7) is 4.33. The monoisotopic (exact) mass is 359 g/mol. The lowest BCUT2D eigenvalue weighted by atomic mass is 9.95. The van der Waals surface area contributed by atoms with E-state index in [-0.39, 0.29) is 12.0 Å². The van der Waals surface area contributed by atoms with E-state index in [1.807, 2.05) is 13.0 Å². The summed E-state index contributed by atoms with van der Waals surface area (Å²) in [6.07, 6.45) is 6.12. The molecule has 2 rings (SSSR count). The molecule has 1 aromatic heterocycles. The Hall–Kier alpha value is -0.390. The van der Waals surface area contributed by atoms with E-state index in [2.05, 4.69) is 28.2 Å². The Labute approximate surface area is 133 Å². The largest absolute Gasteiger partial charge is 0.465 e. The first-order chi connectivity index (χ1) is 9.61. The number of nitrogens with one attached hydrogen (secondary N) is 1. The summed E-state index contributed by atoms with van der Waals surface area (Å²) in [7, 11) is 0. The summed E-state index contributed by atoms with van der Waals surface area (Å²) in [5, 5.41) is 3.51. The molecule has 0 spiro atoms. The zero-order valence-corrected chi connectivity index (χ0v) is 14.5. The van der Waals surface area contributed by atoms with Crippen molar-refractivity contribution in [1.29, 1.82) is 0 Å². The summed E-state index contributed by atoms with van der Waals surface area (Å²) >= 11 is 5.18. The van der Waals surface area contributed by atoms with Crippen LogP contribution in [0.1, 0.15) is 54.8 Å². The highest BCUT2D eigenvalue weighted by atomic mass is 79.9. The van der Waals surface area contributed by atoms with E-state index < -0.39 is 0 Å². The molecule has 112 valence electrons. The van der Waals surface area contributed by atoms with Gasteiger partial charge in [0.25, 0.3) is 0 Å². The van der Waals surface area contributed by atoms with Crippen LogP contribution in [0, 0.1) is 6.92 Å². The van der Waals surface area contributed by atoms with Crippen molar-refractivity contribution in [3.8, 4) is 0 Å². The Morgan fingerprint density at radius 3 is 2.75 bits per heavy atom. The summed E-state index contributed by atoms with van der Waals surface area (Å²) < 4.78 is 6.31. The lowest BCUT2D eigenvalue weighted by Gasteiger charge is -2.27. The predicted octanol–water partition coefficient (Wildman–Crippen LogP) is 4.35. The second-order valence-electron chi connectivity index (χ2n) is 5.24. The predicted molar refractivity (Wildman–Crippen MR) is 86.1 cm³/mol. The Bertz CT molecular complexity index is 435. The van der Waals surface area contributed by atoms with Gasteiger partial charge in [0.2, 0.25) is 0 Å². The Morgan fingerprint density at radius 2 is 2.20 bits per heavy atom. The molecule has 0 aromatic carbocycles. The van der Waals surface area contributed by atoms with Crippen molar-refractivity contribution in [2.24, 2.45) is 0 Å². The number of hydrogen-bond donors (Lipinski definition) is 1. The summed E-state index contributed by atoms with van der Waals surface area (Å²) in [4.78, 5) is 14.5. The molecule has 1 fully saturated rings. The van der Waals surface area contributed by atoms with E-state index in [0.717, 1.165) is 22.2 Å². The zero-order chi connectivity index (χ0) is 14.5. The van der Waals surface area contributed by atoms with Crippen molar-refractivity contribution in [3.05, 3.63) is 20.3 Å². The van der Waals surface area contributed by atoms with Crippen LogP contribution < -0.4 is 5.32 Å². The minimum absolute atomic E-state index is 0.160. The topological polar surface area (TPSA) is 38.3 Å². The van der Waals surface area contributed by atoms with Crippen LogP contribution in [0.25, 0.3) is 0 Å². The fourth-order valence-corrected chi connectivity index (χ4v) is 4.23. The van der Waals surface area contributed by atoms with Gasteiger partial charge in [-0.25, -0.2) is 4.79 Å². The molecule has 0 amide bonds. The highest BCUT2D eigenvalue weighted by Gasteiger charge is 2.27. The molecule has 0 radical (unpaired) electrons. The molecule has 1 N–H and O–H groups in total. The average Bonchev–Trinajstić information content (AvgIpc) is 2.77. The van der Waals surface area contributed by atoms with Gasteiger partial charge in [0, 0.05) is 20.3 Å². The van der Waals surface area contributed by atoms with Crippen molar-refractivity contribution >= 4 is 33.2 Å². The molecule has 3 nitrogen and oxygen atoms in total. The van der Waals surface area contributed by atoms with E-state index in [4.69, 9.17) is 4.74 Å². The molecule has 1 saturated carbocycles. The molecule has 0 bridgehead atoms. The average molecular weight is 360 g/mol. The van der Waals surface area contributed by atoms with Gasteiger partial charge in [-0.15, -0.1) is 11.3 Å². The molecular formula is C15H22BrNO2S. The van der Waals surface area contributed by atoms with Gasteiger partial charge in [-0.2, -0.15) is 0 Å². The van der Waals surface area contributed by atoms with Crippen molar-refractivity contribution in [1.82, 2.24) is 5.32 Å². The van der Waals surface area contributed by atoms with Crippen molar-refractivity contribution in [2.75, 3.05) is 6.61 Å². The molecule has 1 aliphatic rings. The lowest BCUT2D eigenvalue weighted by Crippen LogP contribution is -2.38.